The number of rotatable bonds is 8. The molecular formula is C25H33N3O4. The number of hydrogen-bond acceptors (Lipinski definition) is 4. The van der Waals surface area contributed by atoms with Crippen LogP contribution in [0, 0.1) is 0 Å². The van der Waals surface area contributed by atoms with Crippen LogP contribution in [-0.2, 0) is 27.2 Å². The predicted molar refractivity (Wildman–Crippen MR) is 125 cm³/mol. The van der Waals surface area contributed by atoms with E-state index in [1.807, 2.05) is 48.5 Å². The zero-order valence-electron chi connectivity index (χ0n) is 19.5. The van der Waals surface area contributed by atoms with Crippen molar-refractivity contribution in [1.29, 1.82) is 0 Å². The number of nitrogens with one attached hydrogen (secondary N) is 3. The molecule has 0 spiro atoms. The van der Waals surface area contributed by atoms with E-state index in [1.165, 1.54) is 7.05 Å². The second kappa shape index (κ2) is 11.3. The van der Waals surface area contributed by atoms with Gasteiger partial charge in [0.15, 0.2) is 0 Å². The molecule has 0 saturated heterocycles. The molecule has 0 aromatic heterocycles. The molecule has 172 valence electrons. The van der Waals surface area contributed by atoms with Gasteiger partial charge in [0, 0.05) is 26.9 Å². The smallest absolute Gasteiger partial charge is 0.408 e. The molecule has 0 aliphatic heterocycles. The van der Waals surface area contributed by atoms with Crippen LogP contribution in [0.2, 0.25) is 0 Å². The minimum absolute atomic E-state index is 0.0286. The van der Waals surface area contributed by atoms with Gasteiger partial charge in [-0.05, 0) is 49.4 Å². The lowest BCUT2D eigenvalue weighted by Gasteiger charge is -2.23. The number of carbonyl (C=O) groups excluding carboxylic acids is 3. The number of carbonyl (C=O) groups is 3. The minimum Gasteiger partial charge on any atom is -0.444 e. The van der Waals surface area contributed by atoms with Crippen molar-refractivity contribution < 1.29 is 19.1 Å². The standard InChI is InChI=1S/C25H33N3O4/c1-25(2,3)32-24(31)28-21(23(30)27-5)16-18-8-13-20(14-9-18)19-11-6-17(7-12-19)10-15-22(29)26-4/h6-9,11-14,21H,10,15-16H2,1-5H3,(H,26,29)(H,27,30)(H,28,31)/t21-/m0/s1. The molecule has 0 fully saturated rings. The molecule has 3 amide bonds. The first-order valence-corrected chi connectivity index (χ1v) is 10.7. The summed E-state index contributed by atoms with van der Waals surface area (Å²) in [6, 6.07) is 15.3. The first-order chi connectivity index (χ1) is 15.1. The van der Waals surface area contributed by atoms with Crippen molar-refractivity contribution in [2.45, 2.75) is 51.7 Å². The molecular weight excluding hydrogens is 406 g/mol. The summed E-state index contributed by atoms with van der Waals surface area (Å²) in [7, 11) is 3.17. The number of ether oxygens (including phenoxy) is 1. The van der Waals surface area contributed by atoms with Crippen LogP contribution in [0.25, 0.3) is 11.1 Å². The maximum Gasteiger partial charge on any atom is 0.408 e. The molecule has 1 atom stereocenters. The summed E-state index contributed by atoms with van der Waals surface area (Å²) >= 11 is 0. The Morgan fingerprint density at radius 1 is 0.844 bits per heavy atom. The maximum absolute atomic E-state index is 12.2. The van der Waals surface area contributed by atoms with Crippen molar-refractivity contribution in [1.82, 2.24) is 16.0 Å². The molecule has 0 saturated carbocycles. The van der Waals surface area contributed by atoms with Gasteiger partial charge < -0.3 is 20.7 Å². The fourth-order valence-corrected chi connectivity index (χ4v) is 3.15. The van der Waals surface area contributed by atoms with Crippen LogP contribution in [0.1, 0.15) is 38.3 Å². The quantitative estimate of drug-likeness (QED) is 0.588. The van der Waals surface area contributed by atoms with E-state index in [9.17, 15) is 14.4 Å². The number of likely N-dealkylation sites (N-methyl/N-ethyl adjacent to an activating group) is 1. The second-order valence-corrected chi connectivity index (χ2v) is 8.58. The van der Waals surface area contributed by atoms with Crippen LogP contribution in [0.5, 0.6) is 0 Å². The van der Waals surface area contributed by atoms with Crippen LogP contribution >= 0.6 is 0 Å². The van der Waals surface area contributed by atoms with E-state index in [0.717, 1.165) is 22.3 Å². The van der Waals surface area contributed by atoms with E-state index in [2.05, 4.69) is 16.0 Å². The Morgan fingerprint density at radius 3 is 1.84 bits per heavy atom. The Balaban J connectivity index is 2.04. The Kier molecular flexibility index (Phi) is 8.81. The Labute approximate surface area is 189 Å². The Hall–Kier alpha value is -3.35. The predicted octanol–water partition coefficient (Wildman–Crippen LogP) is 3.21. The number of alkyl carbamates (subject to hydrolysis) is 1. The van der Waals surface area contributed by atoms with Crippen LogP contribution in [0.3, 0.4) is 0 Å². The van der Waals surface area contributed by atoms with Gasteiger partial charge in [0.2, 0.25) is 11.8 Å². The molecule has 32 heavy (non-hydrogen) atoms. The lowest BCUT2D eigenvalue weighted by Crippen LogP contribution is -2.48. The molecule has 2 aromatic carbocycles. The zero-order chi connectivity index (χ0) is 23.7. The monoisotopic (exact) mass is 439 g/mol. The third-order valence-electron chi connectivity index (χ3n) is 4.85. The van der Waals surface area contributed by atoms with Crippen molar-refractivity contribution >= 4 is 17.9 Å². The van der Waals surface area contributed by atoms with Gasteiger partial charge >= 0.3 is 6.09 Å². The molecule has 0 heterocycles. The van der Waals surface area contributed by atoms with Crippen LogP contribution in [-0.4, -0.2) is 43.6 Å². The van der Waals surface area contributed by atoms with Crippen LogP contribution in [0.4, 0.5) is 4.79 Å². The summed E-state index contributed by atoms with van der Waals surface area (Å²) in [5.41, 5.74) is 3.49. The van der Waals surface area contributed by atoms with Gasteiger partial charge in [0.05, 0.1) is 0 Å². The lowest BCUT2D eigenvalue weighted by molar-refractivity contribution is -0.122. The number of benzene rings is 2. The average Bonchev–Trinajstić information content (AvgIpc) is 2.76. The van der Waals surface area contributed by atoms with Gasteiger partial charge in [-0.25, -0.2) is 4.79 Å². The first-order valence-electron chi connectivity index (χ1n) is 10.7. The van der Waals surface area contributed by atoms with Crippen LogP contribution in [0.15, 0.2) is 48.5 Å². The van der Waals surface area contributed by atoms with Crippen molar-refractivity contribution in [3.05, 3.63) is 59.7 Å². The highest BCUT2D eigenvalue weighted by Crippen LogP contribution is 2.21. The summed E-state index contributed by atoms with van der Waals surface area (Å²) in [4.78, 5) is 35.8. The van der Waals surface area contributed by atoms with E-state index < -0.39 is 17.7 Å². The number of aryl methyl sites for hydroxylation is 1. The van der Waals surface area contributed by atoms with Gasteiger partial charge in [-0.3, -0.25) is 9.59 Å². The fourth-order valence-electron chi connectivity index (χ4n) is 3.15. The summed E-state index contributed by atoms with van der Waals surface area (Å²) in [5.74, 6) is -0.256. The molecule has 2 aromatic rings. The molecule has 0 bridgehead atoms. The van der Waals surface area contributed by atoms with E-state index in [0.29, 0.717) is 19.3 Å². The number of amides is 3. The highest BCUT2D eigenvalue weighted by molar-refractivity contribution is 5.85. The van der Waals surface area contributed by atoms with Gasteiger partial charge in [-0.2, -0.15) is 0 Å². The van der Waals surface area contributed by atoms with Crippen molar-refractivity contribution in [3.63, 3.8) is 0 Å². The highest BCUT2D eigenvalue weighted by atomic mass is 16.6. The highest BCUT2D eigenvalue weighted by Gasteiger charge is 2.24. The largest absolute Gasteiger partial charge is 0.444 e. The SMILES string of the molecule is CNC(=O)CCc1ccc(-c2ccc(C[C@H](NC(=O)OC(C)(C)C)C(=O)NC)cc2)cc1. The van der Waals surface area contributed by atoms with Gasteiger partial charge in [0.25, 0.3) is 0 Å². The Morgan fingerprint density at radius 2 is 1.38 bits per heavy atom. The minimum atomic E-state index is -0.736. The Bertz CT molecular complexity index is 916. The molecule has 7 heteroatoms. The maximum atomic E-state index is 12.2. The van der Waals surface area contributed by atoms with E-state index >= 15 is 0 Å². The van der Waals surface area contributed by atoms with Gasteiger partial charge in [0.1, 0.15) is 11.6 Å². The third-order valence-corrected chi connectivity index (χ3v) is 4.85. The van der Waals surface area contributed by atoms with Gasteiger partial charge in [-0.1, -0.05) is 48.5 Å². The first kappa shape index (κ1) is 24.9. The summed E-state index contributed by atoms with van der Waals surface area (Å²) in [6.45, 7) is 5.32. The normalized spacial score (nSPS) is 11.9. The number of hydrogen-bond donors (Lipinski definition) is 3. The summed E-state index contributed by atoms with van der Waals surface area (Å²) in [6.07, 6.45) is 0.885. The summed E-state index contributed by atoms with van der Waals surface area (Å²) in [5, 5.41) is 7.86. The molecule has 2 rings (SSSR count). The van der Waals surface area contributed by atoms with Crippen LogP contribution < -0.4 is 16.0 Å². The van der Waals surface area contributed by atoms with Gasteiger partial charge in [-0.15, -0.1) is 0 Å². The summed E-state index contributed by atoms with van der Waals surface area (Å²) < 4.78 is 5.27. The molecule has 7 nitrogen and oxygen atoms in total. The second-order valence-electron chi connectivity index (χ2n) is 8.58. The van der Waals surface area contributed by atoms with Crippen molar-refractivity contribution in [2.75, 3.05) is 14.1 Å². The van der Waals surface area contributed by atoms with E-state index in [1.54, 1.807) is 27.8 Å². The van der Waals surface area contributed by atoms with Crippen molar-refractivity contribution in [3.8, 4) is 11.1 Å². The topological polar surface area (TPSA) is 96.5 Å². The molecule has 0 aliphatic carbocycles. The molecule has 0 unspecified atom stereocenters. The third kappa shape index (κ3) is 8.06. The molecule has 3 N–H and O–H groups in total. The fraction of sp³-hybridized carbons (Fsp3) is 0.400. The lowest BCUT2D eigenvalue weighted by atomic mass is 9.99. The zero-order valence-corrected chi connectivity index (χ0v) is 19.5. The molecule has 0 aliphatic rings. The average molecular weight is 440 g/mol. The van der Waals surface area contributed by atoms with Crippen molar-refractivity contribution in [2.24, 2.45) is 0 Å². The van der Waals surface area contributed by atoms with E-state index in [4.69, 9.17) is 4.74 Å². The molecule has 0 radical (unpaired) electrons. The van der Waals surface area contributed by atoms with E-state index in [-0.39, 0.29) is 11.8 Å².